The Bertz CT molecular complexity index is 1030. The van der Waals surface area contributed by atoms with E-state index in [1.54, 1.807) is 21.3 Å². The fourth-order valence-electron chi connectivity index (χ4n) is 5.51. The molecule has 2 heterocycles. The third-order valence-electron chi connectivity index (χ3n) is 7.70. The highest BCUT2D eigenvalue weighted by Gasteiger charge is 2.62. The van der Waals surface area contributed by atoms with E-state index in [4.69, 9.17) is 21.1 Å². The molecule has 34 heavy (non-hydrogen) atoms. The van der Waals surface area contributed by atoms with E-state index in [1.807, 2.05) is 6.92 Å². The predicted octanol–water partition coefficient (Wildman–Crippen LogP) is 3.41. The van der Waals surface area contributed by atoms with E-state index >= 15 is 0 Å². The first-order valence-corrected chi connectivity index (χ1v) is 14.1. The second kappa shape index (κ2) is 8.92. The number of rotatable bonds is 7. The quantitative estimate of drug-likeness (QED) is 0.601. The van der Waals surface area contributed by atoms with Crippen molar-refractivity contribution in [3.05, 3.63) is 29.3 Å². The van der Waals surface area contributed by atoms with Crippen molar-refractivity contribution in [1.29, 1.82) is 0 Å². The van der Waals surface area contributed by atoms with Gasteiger partial charge in [0.25, 0.3) is 0 Å². The van der Waals surface area contributed by atoms with Gasteiger partial charge in [-0.3, -0.25) is 0 Å². The maximum Gasteiger partial charge on any atom is 0.410 e. The third-order valence-corrected chi connectivity index (χ3v) is 9.90. The largest absolute Gasteiger partial charge is 0.441 e. The number of nitrogens with zero attached hydrogens (tertiary/aromatic N) is 2. The highest BCUT2D eigenvalue weighted by molar-refractivity contribution is 7.89. The minimum absolute atomic E-state index is 0.181. The van der Waals surface area contributed by atoms with Gasteiger partial charge in [0.2, 0.25) is 10.0 Å². The van der Waals surface area contributed by atoms with Crippen molar-refractivity contribution in [3.63, 3.8) is 0 Å². The Labute approximate surface area is 206 Å². The molecule has 0 aromatic heterocycles. The molecule has 2 saturated carbocycles. The number of hydrogen-bond acceptors (Lipinski definition) is 6. The Morgan fingerprint density at radius 1 is 1.21 bits per heavy atom. The van der Waals surface area contributed by atoms with Gasteiger partial charge < -0.3 is 19.5 Å². The zero-order chi connectivity index (χ0) is 24.1. The van der Waals surface area contributed by atoms with E-state index in [1.165, 1.54) is 12.1 Å². The molecular weight excluding hydrogens is 480 g/mol. The minimum Gasteiger partial charge on any atom is -0.441 e. The molecule has 1 aromatic rings. The lowest BCUT2D eigenvalue weighted by Crippen LogP contribution is -2.61. The number of β-amino-alcohol motifs (C(OH)–C–C–N with tert-alkyl or cyclic N) is 1. The second-order valence-electron chi connectivity index (χ2n) is 10.3. The minimum atomic E-state index is -3.86. The van der Waals surface area contributed by atoms with Crippen LogP contribution < -0.4 is 0 Å². The molecule has 4 fully saturated rings. The molecule has 4 aliphatic rings. The second-order valence-corrected chi connectivity index (χ2v) is 12.6. The first kappa shape index (κ1) is 24.3. The molecule has 10 heteroatoms. The molecule has 188 valence electrons. The Morgan fingerprint density at radius 2 is 1.91 bits per heavy atom. The third kappa shape index (κ3) is 4.57. The summed E-state index contributed by atoms with van der Waals surface area (Å²) in [6, 6.07) is 5.34. The topological polar surface area (TPSA) is 96.4 Å². The van der Waals surface area contributed by atoms with Crippen LogP contribution in [0.15, 0.2) is 29.2 Å². The van der Waals surface area contributed by atoms with Crippen LogP contribution in [0.5, 0.6) is 0 Å². The van der Waals surface area contributed by atoms with Crippen LogP contribution in [-0.4, -0.2) is 78.4 Å². The number of morpholine rings is 1. The average Bonchev–Trinajstić information content (AvgIpc) is 3.73. The number of likely N-dealkylation sites (tertiary alicyclic amines) is 1. The van der Waals surface area contributed by atoms with Gasteiger partial charge >= 0.3 is 6.09 Å². The summed E-state index contributed by atoms with van der Waals surface area (Å²) in [7, 11) is -3.86. The molecule has 0 spiro atoms. The summed E-state index contributed by atoms with van der Waals surface area (Å²) in [6.45, 7) is 3.21. The number of ether oxygens (including phenoxy) is 2. The molecule has 2 aliphatic heterocycles. The highest BCUT2D eigenvalue weighted by Crippen LogP contribution is 2.50. The van der Waals surface area contributed by atoms with Gasteiger partial charge in [-0.05, 0) is 68.7 Å². The van der Waals surface area contributed by atoms with Gasteiger partial charge in [0.15, 0.2) is 0 Å². The van der Waals surface area contributed by atoms with Crippen LogP contribution in [0.1, 0.15) is 51.9 Å². The summed E-state index contributed by atoms with van der Waals surface area (Å²) < 4.78 is 41.3. The van der Waals surface area contributed by atoms with Crippen molar-refractivity contribution in [1.82, 2.24) is 9.21 Å². The molecule has 1 unspecified atom stereocenters. The van der Waals surface area contributed by atoms with Gasteiger partial charge in [-0.1, -0.05) is 24.9 Å². The molecule has 1 N–H and O–H groups in total. The first-order valence-electron chi connectivity index (χ1n) is 12.2. The number of aliphatic hydroxyl groups is 1. The Kier molecular flexibility index (Phi) is 6.38. The number of carbonyl (C=O) groups excluding carboxylic acids is 1. The van der Waals surface area contributed by atoms with Gasteiger partial charge in [-0.25, -0.2) is 13.2 Å². The fraction of sp³-hybridized carbons (Fsp3) is 0.708. The van der Waals surface area contributed by atoms with Crippen molar-refractivity contribution >= 4 is 27.7 Å². The molecule has 0 radical (unpaired) electrons. The monoisotopic (exact) mass is 512 g/mol. The van der Waals surface area contributed by atoms with Crippen molar-refractivity contribution in [2.45, 2.75) is 80.1 Å². The van der Waals surface area contributed by atoms with Crippen molar-refractivity contribution in [2.75, 3.05) is 26.3 Å². The summed E-state index contributed by atoms with van der Waals surface area (Å²) in [5, 5.41) is 11.2. The smallest absolute Gasteiger partial charge is 0.410 e. The molecule has 2 aliphatic carbocycles. The lowest BCUT2D eigenvalue weighted by molar-refractivity contribution is -0.0755. The van der Waals surface area contributed by atoms with Crippen molar-refractivity contribution in [3.8, 4) is 0 Å². The molecule has 0 bridgehead atoms. The lowest BCUT2D eigenvalue weighted by Gasteiger charge is -2.44. The maximum absolute atomic E-state index is 13.9. The molecular formula is C24H33ClN2O6S. The Morgan fingerprint density at radius 3 is 2.53 bits per heavy atom. The van der Waals surface area contributed by atoms with E-state index in [-0.39, 0.29) is 30.0 Å². The number of halogens is 1. The standard InChI is InChI=1S/C24H33ClN2O6S/c1-2-9-23(29)12-13-26(16-23)22(28)33-24(10-11-24)21-15-32-14-20(17-3-4-17)27(21)34(30,31)19-7-5-18(25)6-8-19/h5-8,17,20-21,29H,2-4,9-16H2,1H3/t20-,21+,23?/m0/s1. The van der Waals surface area contributed by atoms with E-state index in [0.717, 1.165) is 19.3 Å². The van der Waals surface area contributed by atoms with E-state index in [9.17, 15) is 18.3 Å². The van der Waals surface area contributed by atoms with Crippen LogP contribution in [0, 0.1) is 5.92 Å². The van der Waals surface area contributed by atoms with Crippen LogP contribution >= 0.6 is 11.6 Å². The van der Waals surface area contributed by atoms with Crippen molar-refractivity contribution in [2.24, 2.45) is 5.92 Å². The molecule has 1 aromatic carbocycles. The van der Waals surface area contributed by atoms with Gasteiger partial charge in [0, 0.05) is 11.6 Å². The predicted molar refractivity (Wildman–Crippen MR) is 126 cm³/mol. The van der Waals surface area contributed by atoms with Crippen LogP contribution in [0.3, 0.4) is 0 Å². The van der Waals surface area contributed by atoms with Crippen LogP contribution in [0.25, 0.3) is 0 Å². The van der Waals surface area contributed by atoms with E-state index in [0.29, 0.717) is 43.9 Å². The maximum atomic E-state index is 13.9. The van der Waals surface area contributed by atoms with Crippen LogP contribution in [0.2, 0.25) is 5.02 Å². The number of amides is 1. The van der Waals surface area contributed by atoms with Gasteiger partial charge in [0.05, 0.1) is 42.3 Å². The first-order chi connectivity index (χ1) is 16.2. The molecule has 8 nitrogen and oxygen atoms in total. The van der Waals surface area contributed by atoms with E-state index in [2.05, 4.69) is 0 Å². The molecule has 3 atom stereocenters. The van der Waals surface area contributed by atoms with Gasteiger partial charge in [0.1, 0.15) is 5.60 Å². The van der Waals surface area contributed by atoms with Gasteiger partial charge in [-0.15, -0.1) is 0 Å². The number of benzene rings is 1. The summed E-state index contributed by atoms with van der Waals surface area (Å²) in [4.78, 5) is 14.8. The summed E-state index contributed by atoms with van der Waals surface area (Å²) in [6.07, 6.45) is 4.61. The lowest BCUT2D eigenvalue weighted by atomic mass is 9.98. The normalized spacial score (nSPS) is 31.4. The summed E-state index contributed by atoms with van der Waals surface area (Å²) in [5.41, 5.74) is -1.78. The van der Waals surface area contributed by atoms with Gasteiger partial charge in [-0.2, -0.15) is 4.31 Å². The van der Waals surface area contributed by atoms with Crippen LogP contribution in [0.4, 0.5) is 4.79 Å². The fourth-order valence-corrected chi connectivity index (χ4v) is 7.53. The highest BCUT2D eigenvalue weighted by atomic mass is 35.5. The molecule has 5 rings (SSSR count). The molecule has 1 amide bonds. The Hall–Kier alpha value is -1.39. The van der Waals surface area contributed by atoms with E-state index < -0.39 is 33.4 Å². The number of carbonyl (C=O) groups is 1. The summed E-state index contributed by atoms with van der Waals surface area (Å²) >= 11 is 6.00. The molecule has 2 saturated heterocycles. The zero-order valence-corrected chi connectivity index (χ0v) is 21.1. The van der Waals surface area contributed by atoms with Crippen LogP contribution in [-0.2, 0) is 19.5 Å². The average molecular weight is 513 g/mol. The van der Waals surface area contributed by atoms with Crippen molar-refractivity contribution < 1.29 is 27.8 Å². The Balaban J connectivity index is 1.39. The zero-order valence-electron chi connectivity index (χ0n) is 19.5. The SMILES string of the molecule is CCCC1(O)CCN(C(=O)OC2([C@H]3COC[C@@H](C4CC4)N3S(=O)(=O)c3ccc(Cl)cc3)CC2)C1. The number of sulfonamides is 1. The summed E-state index contributed by atoms with van der Waals surface area (Å²) in [5.74, 6) is 0.249. The number of hydrogen-bond donors (Lipinski definition) is 1.